The average Bonchev–Trinajstić information content (AvgIpc) is 3.21. The molecule has 0 bridgehead atoms. The topological polar surface area (TPSA) is 71.2 Å². The van der Waals surface area contributed by atoms with Crippen molar-refractivity contribution in [2.24, 2.45) is 0 Å². The van der Waals surface area contributed by atoms with Gasteiger partial charge in [0.15, 0.2) is 0 Å². The maximum atomic E-state index is 13.1. The molecule has 0 saturated carbocycles. The fraction of sp³-hybridized carbons (Fsp3) is 0.375. The first kappa shape index (κ1) is 20.3. The van der Waals surface area contributed by atoms with Gasteiger partial charge in [-0.25, -0.2) is 0 Å². The van der Waals surface area contributed by atoms with Gasteiger partial charge in [0, 0.05) is 36.6 Å². The van der Waals surface area contributed by atoms with Gasteiger partial charge in [-0.15, -0.1) is 0 Å². The molecule has 6 heteroatoms. The number of amides is 1. The second-order valence-electron chi connectivity index (χ2n) is 8.54. The number of carbonyl (C=O) groups excluding carboxylic acids is 1. The highest BCUT2D eigenvalue weighted by molar-refractivity contribution is 6.00. The van der Waals surface area contributed by atoms with Crippen LogP contribution in [0.25, 0.3) is 22.5 Å². The normalized spacial score (nSPS) is 14.7. The first-order chi connectivity index (χ1) is 14.4. The lowest BCUT2D eigenvalue weighted by Gasteiger charge is -2.27. The number of hydrogen-bond acceptors (Lipinski definition) is 4. The molecule has 1 fully saturated rings. The predicted molar refractivity (Wildman–Crippen MR) is 117 cm³/mol. The Kier molecular flexibility index (Phi) is 5.68. The molecule has 1 N–H and O–H groups in total. The molecule has 6 nitrogen and oxygen atoms in total. The molecule has 0 unspecified atom stereocenters. The number of likely N-dealkylation sites (tertiary alicyclic amines) is 1. The van der Waals surface area contributed by atoms with Crippen molar-refractivity contribution in [1.82, 2.24) is 19.7 Å². The van der Waals surface area contributed by atoms with E-state index in [-0.39, 0.29) is 5.91 Å². The van der Waals surface area contributed by atoms with Crippen LogP contribution in [0.15, 0.2) is 54.9 Å². The molecule has 4 rings (SSSR count). The number of pyridine rings is 1. The van der Waals surface area contributed by atoms with E-state index in [0.717, 1.165) is 42.8 Å². The van der Waals surface area contributed by atoms with Gasteiger partial charge in [-0.1, -0.05) is 18.2 Å². The van der Waals surface area contributed by atoms with Gasteiger partial charge in [-0.3, -0.25) is 14.5 Å². The minimum absolute atomic E-state index is 0.0534. The molecular formula is C24H28N4O2. The zero-order chi connectivity index (χ0) is 21.1. The fourth-order valence-electron chi connectivity index (χ4n) is 3.90. The lowest BCUT2D eigenvalue weighted by Crippen LogP contribution is -2.35. The van der Waals surface area contributed by atoms with Crippen molar-refractivity contribution in [3.05, 3.63) is 60.4 Å². The van der Waals surface area contributed by atoms with Gasteiger partial charge in [0.25, 0.3) is 5.91 Å². The van der Waals surface area contributed by atoms with Crippen LogP contribution in [0.1, 0.15) is 43.5 Å². The smallest absolute Gasteiger partial charge is 0.256 e. The summed E-state index contributed by atoms with van der Waals surface area (Å²) >= 11 is 0. The predicted octanol–water partition coefficient (Wildman–Crippen LogP) is 4.01. The number of benzene rings is 1. The van der Waals surface area contributed by atoms with Crippen molar-refractivity contribution in [3.63, 3.8) is 0 Å². The molecule has 156 valence electrons. The molecule has 0 radical (unpaired) electrons. The van der Waals surface area contributed by atoms with E-state index in [9.17, 15) is 9.90 Å². The third-order valence-corrected chi connectivity index (χ3v) is 5.30. The number of carbonyl (C=O) groups is 1. The molecule has 30 heavy (non-hydrogen) atoms. The highest BCUT2D eigenvalue weighted by atomic mass is 16.3. The maximum absolute atomic E-state index is 13.1. The van der Waals surface area contributed by atoms with Gasteiger partial charge in [-0.05, 0) is 57.4 Å². The van der Waals surface area contributed by atoms with Crippen molar-refractivity contribution >= 4 is 5.91 Å². The standard InChI is InChI=1S/C24H28N4O2/c1-24(2,30)17-28-15-11-21(26-28)18-8-6-9-19(16-18)22-20(10-7-12-25-22)23(29)27-13-4-3-5-14-27/h6-12,15-16,30H,3-5,13-14,17H2,1-2H3. The van der Waals surface area contributed by atoms with Crippen LogP contribution in [-0.4, -0.2) is 49.4 Å². The number of aliphatic hydroxyl groups is 1. The lowest BCUT2D eigenvalue weighted by molar-refractivity contribution is 0.0578. The number of aromatic nitrogens is 3. The Labute approximate surface area is 177 Å². The second-order valence-corrected chi connectivity index (χ2v) is 8.54. The van der Waals surface area contributed by atoms with Crippen molar-refractivity contribution in [2.45, 2.75) is 45.3 Å². The SMILES string of the molecule is CC(C)(O)Cn1ccc(-c2cccc(-c3ncccc3C(=O)N3CCCCC3)c2)n1. The minimum Gasteiger partial charge on any atom is -0.389 e. The van der Waals surface area contributed by atoms with E-state index in [4.69, 9.17) is 0 Å². The molecule has 0 spiro atoms. The molecule has 3 aromatic rings. The van der Waals surface area contributed by atoms with Crippen molar-refractivity contribution in [1.29, 1.82) is 0 Å². The molecule has 1 aliphatic rings. The van der Waals surface area contributed by atoms with Crippen molar-refractivity contribution in [2.75, 3.05) is 13.1 Å². The molecule has 2 aromatic heterocycles. The Morgan fingerprint density at radius 3 is 2.60 bits per heavy atom. The molecule has 1 amide bonds. The van der Waals surface area contributed by atoms with Gasteiger partial charge < -0.3 is 10.0 Å². The molecule has 1 aliphatic heterocycles. The van der Waals surface area contributed by atoms with E-state index in [2.05, 4.69) is 10.1 Å². The van der Waals surface area contributed by atoms with Gasteiger partial charge in [0.05, 0.1) is 29.1 Å². The van der Waals surface area contributed by atoms with Crippen LogP contribution in [0.5, 0.6) is 0 Å². The first-order valence-electron chi connectivity index (χ1n) is 10.5. The molecule has 0 aliphatic carbocycles. The molecule has 1 saturated heterocycles. The van der Waals surface area contributed by atoms with E-state index >= 15 is 0 Å². The van der Waals surface area contributed by atoms with Crippen molar-refractivity contribution in [3.8, 4) is 22.5 Å². The quantitative estimate of drug-likeness (QED) is 0.697. The van der Waals surface area contributed by atoms with Gasteiger partial charge >= 0.3 is 0 Å². The van der Waals surface area contributed by atoms with E-state index < -0.39 is 5.60 Å². The number of piperidine rings is 1. The van der Waals surface area contributed by atoms with Crippen LogP contribution in [0.4, 0.5) is 0 Å². The average molecular weight is 405 g/mol. The summed E-state index contributed by atoms with van der Waals surface area (Å²) in [5, 5.41) is 14.6. The highest BCUT2D eigenvalue weighted by Crippen LogP contribution is 2.28. The second kappa shape index (κ2) is 8.40. The van der Waals surface area contributed by atoms with E-state index in [1.54, 1.807) is 24.7 Å². The van der Waals surface area contributed by atoms with E-state index in [0.29, 0.717) is 17.8 Å². The zero-order valence-corrected chi connectivity index (χ0v) is 17.6. The van der Waals surface area contributed by atoms with Gasteiger partial charge in [0.2, 0.25) is 0 Å². The summed E-state index contributed by atoms with van der Waals surface area (Å²) in [4.78, 5) is 19.6. The summed E-state index contributed by atoms with van der Waals surface area (Å²) in [6.07, 6.45) is 6.90. The summed E-state index contributed by atoms with van der Waals surface area (Å²) in [6, 6.07) is 13.6. The van der Waals surface area contributed by atoms with Crippen LogP contribution in [0.2, 0.25) is 0 Å². The molecular weight excluding hydrogens is 376 g/mol. The number of rotatable bonds is 5. The Balaban J connectivity index is 1.64. The zero-order valence-electron chi connectivity index (χ0n) is 17.6. The molecule has 0 atom stereocenters. The number of nitrogens with zero attached hydrogens (tertiary/aromatic N) is 4. The lowest BCUT2D eigenvalue weighted by atomic mass is 10.0. The largest absolute Gasteiger partial charge is 0.389 e. The highest BCUT2D eigenvalue weighted by Gasteiger charge is 2.22. The van der Waals surface area contributed by atoms with Crippen LogP contribution in [-0.2, 0) is 6.54 Å². The molecule has 1 aromatic carbocycles. The third-order valence-electron chi connectivity index (χ3n) is 5.30. The van der Waals surface area contributed by atoms with Crippen LogP contribution >= 0.6 is 0 Å². The summed E-state index contributed by atoms with van der Waals surface area (Å²) in [7, 11) is 0. The van der Waals surface area contributed by atoms with E-state index in [1.807, 2.05) is 53.6 Å². The Hall–Kier alpha value is -2.99. The van der Waals surface area contributed by atoms with Crippen LogP contribution in [0, 0.1) is 0 Å². The van der Waals surface area contributed by atoms with Crippen LogP contribution in [0.3, 0.4) is 0 Å². The first-order valence-corrected chi connectivity index (χ1v) is 10.5. The van der Waals surface area contributed by atoms with Crippen molar-refractivity contribution < 1.29 is 9.90 Å². The summed E-state index contributed by atoms with van der Waals surface area (Å²) in [5.41, 5.74) is 3.17. The third kappa shape index (κ3) is 4.60. The number of hydrogen-bond donors (Lipinski definition) is 1. The minimum atomic E-state index is -0.831. The Morgan fingerprint density at radius 1 is 1.07 bits per heavy atom. The van der Waals surface area contributed by atoms with Gasteiger partial charge in [0.1, 0.15) is 0 Å². The summed E-state index contributed by atoms with van der Waals surface area (Å²) in [5.74, 6) is 0.0534. The van der Waals surface area contributed by atoms with Gasteiger partial charge in [-0.2, -0.15) is 5.10 Å². The van der Waals surface area contributed by atoms with E-state index in [1.165, 1.54) is 6.42 Å². The monoisotopic (exact) mass is 404 g/mol. The Bertz CT molecular complexity index is 1030. The Morgan fingerprint density at radius 2 is 1.83 bits per heavy atom. The molecule has 3 heterocycles. The summed E-state index contributed by atoms with van der Waals surface area (Å²) < 4.78 is 1.74. The fourth-order valence-corrected chi connectivity index (χ4v) is 3.90. The van der Waals surface area contributed by atoms with Crippen LogP contribution < -0.4 is 0 Å². The maximum Gasteiger partial charge on any atom is 0.256 e. The summed E-state index contributed by atoms with van der Waals surface area (Å²) in [6.45, 7) is 5.56.